The van der Waals surface area contributed by atoms with Gasteiger partial charge in [-0.15, -0.1) is 11.3 Å². The second-order valence-electron chi connectivity index (χ2n) is 6.05. The fourth-order valence-corrected chi connectivity index (χ4v) is 4.55. The Kier molecular flexibility index (Phi) is 4.99. The minimum absolute atomic E-state index is 0.0673. The number of hydrogen-bond donors (Lipinski definition) is 2. The van der Waals surface area contributed by atoms with Crippen molar-refractivity contribution in [3.05, 3.63) is 16.0 Å². The number of anilines is 1. The van der Waals surface area contributed by atoms with Gasteiger partial charge in [0.15, 0.2) is 0 Å². The van der Waals surface area contributed by atoms with Gasteiger partial charge in [0.2, 0.25) is 5.91 Å². The fraction of sp³-hybridized carbons (Fsp3) is 0.625. The molecule has 0 aliphatic carbocycles. The van der Waals surface area contributed by atoms with Gasteiger partial charge in [0.25, 0.3) is 5.91 Å². The van der Waals surface area contributed by atoms with E-state index in [-0.39, 0.29) is 11.8 Å². The summed E-state index contributed by atoms with van der Waals surface area (Å²) in [5.74, 6) is -0.0528. The van der Waals surface area contributed by atoms with Crippen LogP contribution in [-0.2, 0) is 17.8 Å². The summed E-state index contributed by atoms with van der Waals surface area (Å²) in [5.41, 5.74) is 1.88. The first-order valence-corrected chi connectivity index (χ1v) is 9.06. The summed E-state index contributed by atoms with van der Waals surface area (Å²) < 4.78 is 0. The van der Waals surface area contributed by atoms with E-state index in [9.17, 15) is 9.59 Å². The van der Waals surface area contributed by atoms with Gasteiger partial charge in [0, 0.05) is 51.1 Å². The lowest BCUT2D eigenvalue weighted by atomic mass is 10.0. The maximum Gasteiger partial charge on any atom is 0.257 e. The number of carbonyl (C=O) groups is 2. The Morgan fingerprint density at radius 2 is 2.00 bits per heavy atom. The monoisotopic (exact) mass is 336 g/mol. The third kappa shape index (κ3) is 3.41. The minimum Gasteiger partial charge on any atom is -0.336 e. The van der Waals surface area contributed by atoms with Crippen molar-refractivity contribution >= 4 is 28.2 Å². The second kappa shape index (κ2) is 6.98. The molecule has 0 radical (unpaired) electrons. The van der Waals surface area contributed by atoms with Gasteiger partial charge in [-0.25, -0.2) is 0 Å². The first kappa shape index (κ1) is 16.4. The molecule has 0 aromatic carbocycles. The minimum atomic E-state index is -0.120. The van der Waals surface area contributed by atoms with Crippen molar-refractivity contribution in [2.45, 2.75) is 26.8 Å². The van der Waals surface area contributed by atoms with Crippen LogP contribution in [0.25, 0.3) is 0 Å². The summed E-state index contributed by atoms with van der Waals surface area (Å²) in [6.45, 7) is 9.62. The van der Waals surface area contributed by atoms with Crippen LogP contribution in [0.4, 0.5) is 5.00 Å². The normalized spacial score (nSPS) is 18.6. The van der Waals surface area contributed by atoms with E-state index >= 15 is 0 Å². The van der Waals surface area contributed by atoms with Crippen LogP contribution >= 0.6 is 11.3 Å². The van der Waals surface area contributed by atoms with Gasteiger partial charge in [0.05, 0.1) is 5.56 Å². The molecule has 0 spiro atoms. The summed E-state index contributed by atoms with van der Waals surface area (Å²) in [7, 11) is 0. The Balaban J connectivity index is 1.94. The number of piperazine rings is 1. The molecule has 6 nitrogen and oxygen atoms in total. The van der Waals surface area contributed by atoms with E-state index in [1.165, 1.54) is 11.8 Å². The van der Waals surface area contributed by atoms with E-state index in [1.807, 2.05) is 4.90 Å². The molecule has 0 saturated carbocycles. The quantitative estimate of drug-likeness (QED) is 0.868. The first-order chi connectivity index (χ1) is 11.1. The SMILES string of the molecule is CCN1CCc2c(sc(NC(C)=O)c2C(=O)N2CCNCC2)C1. The molecule has 126 valence electrons. The van der Waals surface area contributed by atoms with Crippen LogP contribution in [0.1, 0.15) is 34.6 Å². The van der Waals surface area contributed by atoms with E-state index < -0.39 is 0 Å². The molecule has 7 heteroatoms. The molecule has 1 fully saturated rings. The zero-order valence-corrected chi connectivity index (χ0v) is 14.6. The molecule has 23 heavy (non-hydrogen) atoms. The molecular formula is C16H24N4O2S. The highest BCUT2D eigenvalue weighted by Gasteiger charge is 2.30. The Bertz CT molecular complexity index is 607. The lowest BCUT2D eigenvalue weighted by Gasteiger charge is -2.29. The molecule has 1 aromatic heterocycles. The largest absolute Gasteiger partial charge is 0.336 e. The van der Waals surface area contributed by atoms with Crippen LogP contribution in [0, 0.1) is 0 Å². The summed E-state index contributed by atoms with van der Waals surface area (Å²) in [6.07, 6.45) is 0.881. The molecule has 1 aromatic rings. The number of amides is 2. The average molecular weight is 336 g/mol. The number of nitrogens with one attached hydrogen (secondary N) is 2. The molecule has 2 amide bonds. The number of nitrogens with zero attached hydrogens (tertiary/aromatic N) is 2. The van der Waals surface area contributed by atoms with Crippen LogP contribution in [0.3, 0.4) is 0 Å². The molecule has 0 bridgehead atoms. The van der Waals surface area contributed by atoms with Crippen LogP contribution in [-0.4, -0.2) is 60.9 Å². The smallest absolute Gasteiger partial charge is 0.257 e. The van der Waals surface area contributed by atoms with Crippen LogP contribution in [0.15, 0.2) is 0 Å². The second-order valence-corrected chi connectivity index (χ2v) is 7.16. The summed E-state index contributed by atoms with van der Waals surface area (Å²) in [4.78, 5) is 30.1. The number of carbonyl (C=O) groups excluding carboxylic acids is 2. The number of rotatable bonds is 3. The Labute approximate surface area is 140 Å². The third-order valence-corrected chi connectivity index (χ3v) is 5.62. The van der Waals surface area contributed by atoms with Gasteiger partial charge in [-0.1, -0.05) is 6.92 Å². The first-order valence-electron chi connectivity index (χ1n) is 8.24. The summed E-state index contributed by atoms with van der Waals surface area (Å²) in [5, 5.41) is 6.88. The Hall–Kier alpha value is -1.44. The van der Waals surface area contributed by atoms with Crippen LogP contribution < -0.4 is 10.6 Å². The molecule has 2 N–H and O–H groups in total. The highest BCUT2D eigenvalue weighted by atomic mass is 32.1. The molecule has 2 aliphatic rings. The zero-order valence-electron chi connectivity index (χ0n) is 13.8. The van der Waals surface area contributed by atoms with Crippen molar-refractivity contribution in [2.75, 3.05) is 44.6 Å². The summed E-state index contributed by atoms with van der Waals surface area (Å²) in [6, 6.07) is 0. The van der Waals surface area contributed by atoms with Gasteiger partial charge < -0.3 is 15.5 Å². The lowest BCUT2D eigenvalue weighted by Crippen LogP contribution is -2.46. The van der Waals surface area contributed by atoms with Crippen molar-refractivity contribution in [2.24, 2.45) is 0 Å². The molecule has 0 unspecified atom stereocenters. The standard InChI is InChI=1S/C16H24N4O2S/c1-3-19-7-4-12-13(10-19)23-15(18-11(2)21)14(12)16(22)20-8-5-17-6-9-20/h17H,3-10H2,1-2H3,(H,18,21). The number of likely N-dealkylation sites (N-methyl/N-ethyl adjacent to an activating group) is 1. The predicted molar refractivity (Wildman–Crippen MR) is 92.1 cm³/mol. The van der Waals surface area contributed by atoms with E-state index in [0.29, 0.717) is 0 Å². The number of thiophene rings is 1. The van der Waals surface area contributed by atoms with Gasteiger partial charge in [-0.3, -0.25) is 14.5 Å². The molecular weight excluding hydrogens is 312 g/mol. The summed E-state index contributed by atoms with van der Waals surface area (Å²) >= 11 is 1.56. The van der Waals surface area contributed by atoms with Crippen LogP contribution in [0.2, 0.25) is 0 Å². The maximum absolute atomic E-state index is 13.0. The van der Waals surface area contributed by atoms with Gasteiger partial charge in [-0.2, -0.15) is 0 Å². The molecule has 3 heterocycles. The van der Waals surface area contributed by atoms with E-state index in [1.54, 1.807) is 11.3 Å². The third-order valence-electron chi connectivity index (χ3n) is 4.49. The number of hydrogen-bond acceptors (Lipinski definition) is 5. The zero-order chi connectivity index (χ0) is 16.4. The van der Waals surface area contributed by atoms with Crippen LogP contribution in [0.5, 0.6) is 0 Å². The van der Waals surface area contributed by atoms with Crippen molar-refractivity contribution in [3.63, 3.8) is 0 Å². The topological polar surface area (TPSA) is 64.7 Å². The fourth-order valence-electron chi connectivity index (χ4n) is 3.23. The highest BCUT2D eigenvalue weighted by molar-refractivity contribution is 7.17. The molecule has 1 saturated heterocycles. The maximum atomic E-state index is 13.0. The van der Waals surface area contributed by atoms with E-state index in [2.05, 4.69) is 22.5 Å². The van der Waals surface area contributed by atoms with Gasteiger partial charge in [0.1, 0.15) is 5.00 Å². The predicted octanol–water partition coefficient (Wildman–Crippen LogP) is 1.13. The van der Waals surface area contributed by atoms with Crippen molar-refractivity contribution in [1.82, 2.24) is 15.1 Å². The van der Waals surface area contributed by atoms with E-state index in [0.717, 1.165) is 68.4 Å². The molecule has 3 rings (SSSR count). The number of fused-ring (bicyclic) bond motifs is 1. The van der Waals surface area contributed by atoms with Gasteiger partial charge in [-0.05, 0) is 18.5 Å². The van der Waals surface area contributed by atoms with Crippen molar-refractivity contribution < 1.29 is 9.59 Å². The van der Waals surface area contributed by atoms with E-state index in [4.69, 9.17) is 0 Å². The van der Waals surface area contributed by atoms with Crippen molar-refractivity contribution in [1.29, 1.82) is 0 Å². The molecule has 2 aliphatic heterocycles. The Morgan fingerprint density at radius 3 is 2.65 bits per heavy atom. The van der Waals surface area contributed by atoms with Crippen molar-refractivity contribution in [3.8, 4) is 0 Å². The Morgan fingerprint density at radius 1 is 1.26 bits per heavy atom. The lowest BCUT2D eigenvalue weighted by molar-refractivity contribution is -0.114. The highest BCUT2D eigenvalue weighted by Crippen LogP contribution is 2.37. The average Bonchev–Trinajstić information content (AvgIpc) is 2.90. The van der Waals surface area contributed by atoms with Gasteiger partial charge >= 0.3 is 0 Å². The molecule has 0 atom stereocenters.